The van der Waals surface area contributed by atoms with E-state index in [1.54, 1.807) is 12.1 Å². The van der Waals surface area contributed by atoms with Gasteiger partial charge in [0.1, 0.15) is 5.82 Å². The maximum Gasteiger partial charge on any atom is 0.129 e. The Bertz CT molecular complexity index is 356. The molecule has 2 atom stereocenters. The van der Waals surface area contributed by atoms with Crippen molar-refractivity contribution in [3.05, 3.63) is 34.6 Å². The minimum atomic E-state index is -0.347. The van der Waals surface area contributed by atoms with Crippen LogP contribution in [0.5, 0.6) is 0 Å². The van der Waals surface area contributed by atoms with Crippen LogP contribution in [0.4, 0.5) is 4.39 Å². The van der Waals surface area contributed by atoms with E-state index in [1.807, 2.05) is 6.92 Å². The highest BCUT2D eigenvalue weighted by Crippen LogP contribution is 2.25. The predicted octanol–water partition coefficient (Wildman–Crippen LogP) is 2.23. The zero-order valence-corrected chi connectivity index (χ0v) is 11.3. The van der Waals surface area contributed by atoms with Crippen LogP contribution in [0.25, 0.3) is 0 Å². The molecule has 0 saturated heterocycles. The van der Waals surface area contributed by atoms with Gasteiger partial charge in [-0.2, -0.15) is 0 Å². The van der Waals surface area contributed by atoms with Gasteiger partial charge in [0.05, 0.1) is 0 Å². The van der Waals surface area contributed by atoms with E-state index in [0.717, 1.165) is 6.42 Å². The third-order valence-corrected chi connectivity index (χ3v) is 3.19. The third kappa shape index (κ3) is 4.21. The van der Waals surface area contributed by atoms with Gasteiger partial charge in [-0.3, -0.25) is 0 Å². The average molecular weight is 275 g/mol. The molecular weight excluding hydrogens is 255 g/mol. The highest BCUT2D eigenvalue weighted by Gasteiger charge is 2.19. The topological polar surface area (TPSA) is 58.3 Å². The fourth-order valence-corrected chi connectivity index (χ4v) is 2.23. The molecule has 4 N–H and O–H groups in total. The second-order valence-electron chi connectivity index (χ2n) is 4.36. The van der Waals surface area contributed by atoms with E-state index in [9.17, 15) is 4.39 Å². The van der Waals surface area contributed by atoms with Crippen LogP contribution in [0.15, 0.2) is 18.2 Å². The molecule has 0 spiro atoms. The Morgan fingerprint density at radius 1 is 1.50 bits per heavy atom. The quantitative estimate of drug-likeness (QED) is 0.715. The van der Waals surface area contributed by atoms with E-state index in [0.29, 0.717) is 17.0 Å². The lowest BCUT2D eigenvalue weighted by Crippen LogP contribution is -2.35. The zero-order chi connectivity index (χ0) is 13.5. The standard InChI is InChI=1S/C13H20ClFN2O/c1-9(4-3-7-18)17-12(8-16)13-10(14)5-2-6-11(13)15/h2,5-6,9,12,17-18H,3-4,7-8,16H2,1H3. The first-order valence-electron chi connectivity index (χ1n) is 6.11. The van der Waals surface area contributed by atoms with Gasteiger partial charge in [-0.05, 0) is 31.9 Å². The molecule has 0 heterocycles. The fraction of sp³-hybridized carbons (Fsp3) is 0.538. The molecule has 0 aromatic heterocycles. The van der Waals surface area contributed by atoms with Crippen LogP contribution in [0.2, 0.25) is 5.02 Å². The van der Waals surface area contributed by atoms with Crippen molar-refractivity contribution in [2.24, 2.45) is 5.73 Å². The molecule has 1 aromatic rings. The molecule has 0 aliphatic rings. The molecule has 0 bridgehead atoms. The van der Waals surface area contributed by atoms with Crippen molar-refractivity contribution in [3.63, 3.8) is 0 Å². The van der Waals surface area contributed by atoms with E-state index in [1.165, 1.54) is 6.07 Å². The van der Waals surface area contributed by atoms with E-state index in [4.69, 9.17) is 22.4 Å². The van der Waals surface area contributed by atoms with E-state index < -0.39 is 0 Å². The highest BCUT2D eigenvalue weighted by molar-refractivity contribution is 6.31. The summed E-state index contributed by atoms with van der Waals surface area (Å²) in [7, 11) is 0. The van der Waals surface area contributed by atoms with Gasteiger partial charge < -0.3 is 16.2 Å². The largest absolute Gasteiger partial charge is 0.396 e. The molecule has 0 fully saturated rings. The molecule has 3 nitrogen and oxygen atoms in total. The minimum absolute atomic E-state index is 0.140. The van der Waals surface area contributed by atoms with Gasteiger partial charge in [-0.15, -0.1) is 0 Å². The van der Waals surface area contributed by atoms with E-state index >= 15 is 0 Å². The third-order valence-electron chi connectivity index (χ3n) is 2.86. The Morgan fingerprint density at radius 2 is 2.22 bits per heavy atom. The molecule has 0 aliphatic heterocycles. The van der Waals surface area contributed by atoms with Crippen LogP contribution in [0.1, 0.15) is 31.4 Å². The van der Waals surface area contributed by atoms with Crippen LogP contribution in [-0.4, -0.2) is 24.3 Å². The summed E-state index contributed by atoms with van der Waals surface area (Å²) in [5, 5.41) is 12.4. The lowest BCUT2D eigenvalue weighted by molar-refractivity contribution is 0.273. The Kier molecular flexibility index (Phi) is 6.57. The molecule has 0 saturated carbocycles. The summed E-state index contributed by atoms with van der Waals surface area (Å²) in [5.74, 6) is -0.347. The first kappa shape index (κ1) is 15.4. The van der Waals surface area contributed by atoms with Crippen molar-refractivity contribution in [2.75, 3.05) is 13.2 Å². The lowest BCUT2D eigenvalue weighted by Gasteiger charge is -2.23. The second kappa shape index (κ2) is 7.69. The van der Waals surface area contributed by atoms with Crippen molar-refractivity contribution in [1.82, 2.24) is 5.32 Å². The molecule has 1 rings (SSSR count). The maximum atomic E-state index is 13.8. The summed E-state index contributed by atoms with van der Waals surface area (Å²) < 4.78 is 13.8. The van der Waals surface area contributed by atoms with Gasteiger partial charge in [0.15, 0.2) is 0 Å². The number of hydrogen-bond acceptors (Lipinski definition) is 3. The van der Waals surface area contributed by atoms with Crippen LogP contribution in [0, 0.1) is 5.82 Å². The zero-order valence-electron chi connectivity index (χ0n) is 10.5. The van der Waals surface area contributed by atoms with Crippen molar-refractivity contribution in [3.8, 4) is 0 Å². The number of nitrogens with one attached hydrogen (secondary N) is 1. The van der Waals surface area contributed by atoms with Crippen molar-refractivity contribution < 1.29 is 9.50 Å². The molecule has 0 radical (unpaired) electrons. The predicted molar refractivity (Wildman–Crippen MR) is 72.1 cm³/mol. The molecule has 0 amide bonds. The Morgan fingerprint density at radius 3 is 2.78 bits per heavy atom. The number of aliphatic hydroxyl groups excluding tert-OH is 1. The molecule has 5 heteroatoms. The highest BCUT2D eigenvalue weighted by atomic mass is 35.5. The van der Waals surface area contributed by atoms with Gasteiger partial charge in [0.2, 0.25) is 0 Å². The van der Waals surface area contributed by atoms with Gasteiger partial charge in [0.25, 0.3) is 0 Å². The Labute approximate surface area is 112 Å². The van der Waals surface area contributed by atoms with E-state index in [-0.39, 0.29) is 31.1 Å². The lowest BCUT2D eigenvalue weighted by atomic mass is 10.0. The summed E-state index contributed by atoms with van der Waals surface area (Å²) >= 11 is 6.02. The molecule has 18 heavy (non-hydrogen) atoms. The van der Waals surface area contributed by atoms with E-state index in [2.05, 4.69) is 5.32 Å². The first-order valence-corrected chi connectivity index (χ1v) is 6.48. The number of rotatable bonds is 7. The minimum Gasteiger partial charge on any atom is -0.396 e. The van der Waals surface area contributed by atoms with Crippen molar-refractivity contribution in [2.45, 2.75) is 31.8 Å². The Balaban J connectivity index is 2.77. The summed E-state index contributed by atoms with van der Waals surface area (Å²) in [6.07, 6.45) is 1.51. The average Bonchev–Trinajstić information content (AvgIpc) is 2.34. The SMILES string of the molecule is CC(CCCO)NC(CN)c1c(F)cccc1Cl. The molecular formula is C13H20ClFN2O. The van der Waals surface area contributed by atoms with Crippen LogP contribution in [-0.2, 0) is 0 Å². The number of hydrogen-bond donors (Lipinski definition) is 3. The number of benzene rings is 1. The van der Waals surface area contributed by atoms with Gasteiger partial charge in [-0.1, -0.05) is 17.7 Å². The Hall–Kier alpha value is -0.680. The van der Waals surface area contributed by atoms with Crippen LogP contribution in [0.3, 0.4) is 0 Å². The number of halogens is 2. The second-order valence-corrected chi connectivity index (χ2v) is 4.76. The summed E-state index contributed by atoms with van der Waals surface area (Å²) in [4.78, 5) is 0. The molecule has 1 aromatic carbocycles. The molecule has 102 valence electrons. The monoisotopic (exact) mass is 274 g/mol. The smallest absolute Gasteiger partial charge is 0.129 e. The van der Waals surface area contributed by atoms with Gasteiger partial charge in [0, 0.05) is 35.8 Å². The van der Waals surface area contributed by atoms with Crippen molar-refractivity contribution >= 4 is 11.6 Å². The van der Waals surface area contributed by atoms with Crippen molar-refractivity contribution in [1.29, 1.82) is 0 Å². The summed E-state index contributed by atoms with van der Waals surface area (Å²) in [6, 6.07) is 4.44. The molecule has 0 aliphatic carbocycles. The summed E-state index contributed by atoms with van der Waals surface area (Å²) in [6.45, 7) is 2.40. The fourth-order valence-electron chi connectivity index (χ4n) is 1.94. The molecule has 2 unspecified atom stereocenters. The van der Waals surface area contributed by atoms with Gasteiger partial charge in [-0.25, -0.2) is 4.39 Å². The van der Waals surface area contributed by atoms with Crippen LogP contribution >= 0.6 is 11.6 Å². The maximum absolute atomic E-state index is 13.8. The summed E-state index contributed by atoms with van der Waals surface area (Å²) in [5.41, 5.74) is 6.10. The first-order chi connectivity index (χ1) is 8.60. The number of nitrogens with two attached hydrogens (primary N) is 1. The van der Waals surface area contributed by atoms with Gasteiger partial charge >= 0.3 is 0 Å². The van der Waals surface area contributed by atoms with Crippen LogP contribution < -0.4 is 11.1 Å². The number of aliphatic hydroxyl groups is 1. The normalized spacial score (nSPS) is 14.5.